The molecule has 1 heterocycles. The van der Waals surface area contributed by atoms with Crippen molar-refractivity contribution in [3.8, 4) is 55.6 Å². The van der Waals surface area contributed by atoms with Gasteiger partial charge < -0.3 is 4.42 Å². The van der Waals surface area contributed by atoms with Crippen molar-refractivity contribution in [3.05, 3.63) is 265 Å². The quantitative estimate of drug-likeness (QED) is 0.139. The van der Waals surface area contributed by atoms with Crippen LogP contribution in [0.1, 0.15) is 22.6 Å². The third kappa shape index (κ3) is 6.67. The van der Waals surface area contributed by atoms with Gasteiger partial charge >= 0.3 is 0 Å². The summed E-state index contributed by atoms with van der Waals surface area (Å²) in [5.41, 5.74) is 17.2. The third-order valence-corrected chi connectivity index (χ3v) is 13.0. The predicted molar refractivity (Wildman–Crippen MR) is 270 cm³/mol. The Morgan fingerprint density at radius 3 is 1.44 bits per heavy atom. The number of furan rings is 1. The molecule has 0 amide bonds. The first-order chi connectivity index (χ1) is 31.7. The maximum Gasteiger partial charge on any atom is 0.143 e. The first kappa shape index (κ1) is 37.5. The zero-order valence-corrected chi connectivity index (χ0v) is 35.2. The lowest BCUT2D eigenvalue weighted by Crippen LogP contribution is -2.06. The van der Waals surface area contributed by atoms with E-state index in [2.05, 4.69) is 249 Å². The number of fused-ring (bicyclic) bond motifs is 6. The largest absolute Gasteiger partial charge is 0.455 e. The second-order valence-corrected chi connectivity index (χ2v) is 16.8. The second kappa shape index (κ2) is 15.9. The zero-order chi connectivity index (χ0) is 42.4. The Kier molecular flexibility index (Phi) is 9.31. The SMILES string of the molecule is c1ccc(-c2ccc(C(c3ccc4ccccc4c3)c3ccc4oc5c6ccccc6c(-c6ccccc6)cc5c4c3-c3cc(-c4ccccc4)cc(-c4ccccc4)c3)cc2)cc1. The molecule has 12 rings (SSSR count). The molecule has 0 N–H and O–H groups in total. The smallest absolute Gasteiger partial charge is 0.143 e. The Morgan fingerprint density at radius 2 is 0.797 bits per heavy atom. The van der Waals surface area contributed by atoms with Gasteiger partial charge in [0.05, 0.1) is 0 Å². The topological polar surface area (TPSA) is 13.1 Å². The van der Waals surface area contributed by atoms with Crippen LogP contribution in [0.15, 0.2) is 253 Å². The van der Waals surface area contributed by atoms with Gasteiger partial charge in [-0.15, -0.1) is 0 Å². The summed E-state index contributed by atoms with van der Waals surface area (Å²) in [5, 5.41) is 6.95. The second-order valence-electron chi connectivity index (χ2n) is 16.8. The summed E-state index contributed by atoms with van der Waals surface area (Å²) in [6.45, 7) is 0. The zero-order valence-electron chi connectivity index (χ0n) is 35.2. The van der Waals surface area contributed by atoms with Crippen LogP contribution in [0.25, 0.3) is 99.1 Å². The molecule has 1 atom stereocenters. The average molecular weight is 815 g/mol. The maximum atomic E-state index is 7.12. The van der Waals surface area contributed by atoms with Crippen molar-refractivity contribution in [2.75, 3.05) is 0 Å². The molecule has 1 nitrogen and oxygen atoms in total. The Morgan fingerprint density at radius 1 is 0.297 bits per heavy atom. The number of benzene rings is 11. The average Bonchev–Trinajstić information content (AvgIpc) is 3.76. The molecule has 0 saturated carbocycles. The molecule has 12 aromatic rings. The van der Waals surface area contributed by atoms with Crippen molar-refractivity contribution < 1.29 is 4.42 Å². The van der Waals surface area contributed by atoms with E-state index in [1.165, 1.54) is 71.8 Å². The van der Waals surface area contributed by atoms with E-state index in [1.54, 1.807) is 0 Å². The summed E-state index contributed by atoms with van der Waals surface area (Å²) < 4.78 is 7.12. The predicted octanol–water partition coefficient (Wildman–Crippen LogP) is 17.4. The minimum atomic E-state index is -0.117. The lowest BCUT2D eigenvalue weighted by Gasteiger charge is -2.24. The normalized spacial score (nSPS) is 12.0. The maximum absolute atomic E-state index is 7.12. The van der Waals surface area contributed by atoms with Gasteiger partial charge in [0.15, 0.2) is 0 Å². The number of hydrogen-bond acceptors (Lipinski definition) is 1. The molecule has 64 heavy (non-hydrogen) atoms. The summed E-state index contributed by atoms with van der Waals surface area (Å²) in [6, 6.07) is 90.7. The van der Waals surface area contributed by atoms with E-state index >= 15 is 0 Å². The van der Waals surface area contributed by atoms with Crippen LogP contribution in [-0.2, 0) is 0 Å². The van der Waals surface area contributed by atoms with E-state index in [0.717, 1.165) is 44.0 Å². The number of rotatable bonds is 8. The van der Waals surface area contributed by atoms with Gasteiger partial charge in [-0.2, -0.15) is 0 Å². The van der Waals surface area contributed by atoms with Crippen LogP contribution >= 0.6 is 0 Å². The van der Waals surface area contributed by atoms with Crippen LogP contribution in [0.3, 0.4) is 0 Å². The Balaban J connectivity index is 1.21. The molecule has 0 radical (unpaired) electrons. The molecule has 11 aromatic carbocycles. The van der Waals surface area contributed by atoms with Gasteiger partial charge in [0.1, 0.15) is 11.2 Å². The van der Waals surface area contributed by atoms with Gasteiger partial charge in [0, 0.05) is 22.1 Å². The van der Waals surface area contributed by atoms with E-state index in [4.69, 9.17) is 4.42 Å². The van der Waals surface area contributed by atoms with Gasteiger partial charge in [-0.3, -0.25) is 0 Å². The van der Waals surface area contributed by atoms with E-state index in [0.29, 0.717) is 0 Å². The van der Waals surface area contributed by atoms with Crippen molar-refractivity contribution in [2.45, 2.75) is 5.92 Å². The fourth-order valence-corrected chi connectivity index (χ4v) is 9.92. The number of hydrogen-bond donors (Lipinski definition) is 0. The van der Waals surface area contributed by atoms with Crippen molar-refractivity contribution >= 4 is 43.5 Å². The molecule has 0 saturated heterocycles. The summed E-state index contributed by atoms with van der Waals surface area (Å²) in [6.07, 6.45) is 0. The Hall–Kier alpha value is -8.26. The molecule has 1 unspecified atom stereocenters. The van der Waals surface area contributed by atoms with E-state index < -0.39 is 0 Å². The Bertz CT molecular complexity index is 3570. The molecular weight excluding hydrogens is 773 g/mol. The molecule has 0 aliphatic heterocycles. The lowest BCUT2D eigenvalue weighted by molar-refractivity contribution is 0.672. The van der Waals surface area contributed by atoms with Gasteiger partial charge in [-0.05, 0) is 119 Å². The van der Waals surface area contributed by atoms with Crippen molar-refractivity contribution in [1.29, 1.82) is 0 Å². The van der Waals surface area contributed by atoms with E-state index in [9.17, 15) is 0 Å². The van der Waals surface area contributed by atoms with Crippen LogP contribution in [0.2, 0.25) is 0 Å². The van der Waals surface area contributed by atoms with Gasteiger partial charge in [-0.1, -0.05) is 218 Å². The molecule has 0 aliphatic carbocycles. The minimum Gasteiger partial charge on any atom is -0.455 e. The highest BCUT2D eigenvalue weighted by atomic mass is 16.3. The molecule has 1 aromatic heterocycles. The monoisotopic (exact) mass is 814 g/mol. The highest BCUT2D eigenvalue weighted by Crippen LogP contribution is 2.49. The highest BCUT2D eigenvalue weighted by Gasteiger charge is 2.27. The fourth-order valence-electron chi connectivity index (χ4n) is 9.92. The molecule has 0 bridgehead atoms. The van der Waals surface area contributed by atoms with E-state index in [-0.39, 0.29) is 5.92 Å². The molecule has 1 heteroatoms. The summed E-state index contributed by atoms with van der Waals surface area (Å²) in [5.74, 6) is -0.117. The van der Waals surface area contributed by atoms with Gasteiger partial charge in [0.2, 0.25) is 0 Å². The van der Waals surface area contributed by atoms with Crippen LogP contribution in [0.4, 0.5) is 0 Å². The Labute approximate surface area is 373 Å². The van der Waals surface area contributed by atoms with Gasteiger partial charge in [0.25, 0.3) is 0 Å². The molecular formula is C63H42O. The van der Waals surface area contributed by atoms with Crippen molar-refractivity contribution in [3.63, 3.8) is 0 Å². The summed E-state index contributed by atoms with van der Waals surface area (Å²) in [7, 11) is 0. The van der Waals surface area contributed by atoms with Crippen LogP contribution in [0, 0.1) is 0 Å². The molecule has 0 aliphatic rings. The lowest BCUT2D eigenvalue weighted by atomic mass is 9.78. The van der Waals surface area contributed by atoms with E-state index in [1.807, 2.05) is 0 Å². The van der Waals surface area contributed by atoms with Crippen molar-refractivity contribution in [1.82, 2.24) is 0 Å². The van der Waals surface area contributed by atoms with Crippen LogP contribution < -0.4 is 0 Å². The standard InChI is InChI=1S/C63H42O/c1-5-17-42(18-6-1)46-29-32-48(33-30-46)60(50-34-31-45-23-13-14-26-49(45)37-50)56-35-36-59-62(58-41-57(47-24-11-4-12-25-47)54-27-15-16-28-55(54)63(58)64-59)61(56)53-39-51(43-19-7-2-8-20-43)38-52(40-53)44-21-9-3-10-22-44/h1-41,60H. The van der Waals surface area contributed by atoms with Crippen LogP contribution in [-0.4, -0.2) is 0 Å². The third-order valence-electron chi connectivity index (χ3n) is 13.0. The highest BCUT2D eigenvalue weighted by molar-refractivity contribution is 6.22. The van der Waals surface area contributed by atoms with Crippen molar-refractivity contribution in [2.24, 2.45) is 0 Å². The molecule has 0 fully saturated rings. The van der Waals surface area contributed by atoms with Gasteiger partial charge in [-0.25, -0.2) is 0 Å². The molecule has 0 spiro atoms. The summed E-state index contributed by atoms with van der Waals surface area (Å²) in [4.78, 5) is 0. The minimum absolute atomic E-state index is 0.117. The molecule has 300 valence electrons. The fraction of sp³-hybridized carbons (Fsp3) is 0.0159. The first-order valence-corrected chi connectivity index (χ1v) is 22.1. The van der Waals surface area contributed by atoms with Crippen LogP contribution in [0.5, 0.6) is 0 Å². The summed E-state index contributed by atoms with van der Waals surface area (Å²) >= 11 is 0. The first-order valence-electron chi connectivity index (χ1n) is 22.1.